The summed E-state index contributed by atoms with van der Waals surface area (Å²) < 4.78 is 0. The fourth-order valence-corrected chi connectivity index (χ4v) is 4.65. The molecular weight excluding hydrogens is 360 g/mol. The Hall–Kier alpha value is -1.47. The minimum Gasteiger partial charge on any atom is -0.340 e. The van der Waals surface area contributed by atoms with Gasteiger partial charge in [-0.15, -0.1) is 11.3 Å². The molecule has 0 aromatic carbocycles. The molecule has 3 rings (SSSR count). The Morgan fingerprint density at radius 3 is 2.59 bits per heavy atom. The molecule has 1 unspecified atom stereocenters. The van der Waals surface area contributed by atoms with Crippen molar-refractivity contribution in [1.29, 1.82) is 0 Å². The van der Waals surface area contributed by atoms with Crippen LogP contribution in [0.1, 0.15) is 60.9 Å². The zero-order chi connectivity index (χ0) is 19.4. The predicted octanol–water partition coefficient (Wildman–Crippen LogP) is 2.67. The van der Waals surface area contributed by atoms with E-state index in [4.69, 9.17) is 0 Å². The van der Waals surface area contributed by atoms with Gasteiger partial charge in [-0.05, 0) is 32.2 Å². The Kier molecular flexibility index (Phi) is 6.87. The van der Waals surface area contributed by atoms with Crippen LogP contribution in [0.3, 0.4) is 0 Å². The summed E-state index contributed by atoms with van der Waals surface area (Å²) in [6, 6.07) is 0. The van der Waals surface area contributed by atoms with E-state index in [9.17, 15) is 9.59 Å². The van der Waals surface area contributed by atoms with Gasteiger partial charge in [0.1, 0.15) is 5.69 Å². The number of likely N-dealkylation sites (N-methyl/N-ethyl adjacent to an activating group) is 1. The lowest BCUT2D eigenvalue weighted by atomic mass is 9.93. The molecule has 150 valence electrons. The van der Waals surface area contributed by atoms with Crippen molar-refractivity contribution in [2.75, 3.05) is 46.3 Å². The first-order chi connectivity index (χ1) is 12.9. The van der Waals surface area contributed by atoms with Gasteiger partial charge in [-0.25, -0.2) is 4.98 Å². The Balaban J connectivity index is 1.48. The van der Waals surface area contributed by atoms with Crippen molar-refractivity contribution in [3.05, 3.63) is 16.1 Å². The van der Waals surface area contributed by atoms with E-state index in [0.29, 0.717) is 24.0 Å². The van der Waals surface area contributed by atoms with Gasteiger partial charge in [-0.2, -0.15) is 0 Å². The molecule has 3 heterocycles. The number of carbonyl (C=O) groups is 2. The van der Waals surface area contributed by atoms with Crippen molar-refractivity contribution in [2.24, 2.45) is 5.92 Å². The maximum Gasteiger partial charge on any atom is 0.273 e. The van der Waals surface area contributed by atoms with Crippen LogP contribution in [0.15, 0.2) is 5.38 Å². The average Bonchev–Trinajstić information content (AvgIpc) is 3.17. The molecular formula is C20H32N4O2S. The van der Waals surface area contributed by atoms with Gasteiger partial charge in [0.2, 0.25) is 5.91 Å². The molecule has 2 aliphatic heterocycles. The third-order valence-corrected chi connectivity index (χ3v) is 6.81. The van der Waals surface area contributed by atoms with Gasteiger partial charge >= 0.3 is 0 Å². The van der Waals surface area contributed by atoms with Gasteiger partial charge in [-0.3, -0.25) is 9.59 Å². The Morgan fingerprint density at radius 1 is 1.19 bits per heavy atom. The van der Waals surface area contributed by atoms with Crippen LogP contribution in [-0.2, 0) is 4.79 Å². The van der Waals surface area contributed by atoms with Crippen LogP contribution in [0.5, 0.6) is 0 Å². The molecule has 2 fully saturated rings. The quantitative estimate of drug-likeness (QED) is 0.773. The zero-order valence-corrected chi connectivity index (χ0v) is 17.6. The standard InChI is InChI=1S/C20H32N4O2S/c1-15(2)19-21-17(14-27-19)20(26)24-8-4-5-16(13-24)6-7-18(25)23-11-9-22(3)10-12-23/h14-16H,4-13H2,1-3H3. The van der Waals surface area contributed by atoms with Crippen LogP contribution >= 0.6 is 11.3 Å². The highest BCUT2D eigenvalue weighted by Crippen LogP contribution is 2.25. The summed E-state index contributed by atoms with van der Waals surface area (Å²) >= 11 is 1.57. The SMILES string of the molecule is CC(C)c1nc(C(=O)N2CCCC(CCC(=O)N3CCN(C)CC3)C2)cs1. The van der Waals surface area contributed by atoms with Gasteiger partial charge in [0.15, 0.2) is 0 Å². The topological polar surface area (TPSA) is 56.8 Å². The molecule has 0 radical (unpaired) electrons. The third-order valence-electron chi connectivity index (χ3n) is 5.66. The van der Waals surface area contributed by atoms with Crippen LogP contribution in [0.25, 0.3) is 0 Å². The predicted molar refractivity (Wildman–Crippen MR) is 108 cm³/mol. The molecule has 0 spiro atoms. The Morgan fingerprint density at radius 2 is 1.93 bits per heavy atom. The lowest BCUT2D eigenvalue weighted by molar-refractivity contribution is -0.133. The van der Waals surface area contributed by atoms with E-state index in [1.54, 1.807) is 11.3 Å². The van der Waals surface area contributed by atoms with Crippen molar-refractivity contribution in [3.63, 3.8) is 0 Å². The van der Waals surface area contributed by atoms with E-state index in [2.05, 4.69) is 30.8 Å². The molecule has 2 amide bonds. The van der Waals surface area contributed by atoms with E-state index < -0.39 is 0 Å². The second-order valence-electron chi connectivity index (χ2n) is 8.21. The fraction of sp³-hybridized carbons (Fsp3) is 0.750. The number of piperidine rings is 1. The first-order valence-electron chi connectivity index (χ1n) is 10.1. The van der Waals surface area contributed by atoms with E-state index >= 15 is 0 Å². The lowest BCUT2D eigenvalue weighted by Gasteiger charge is -2.34. The van der Waals surface area contributed by atoms with E-state index in [-0.39, 0.29) is 11.8 Å². The molecule has 0 aliphatic carbocycles. The first-order valence-corrected chi connectivity index (χ1v) is 11.0. The number of piperazine rings is 1. The fourth-order valence-electron chi connectivity index (χ4n) is 3.84. The second kappa shape index (κ2) is 9.15. The molecule has 27 heavy (non-hydrogen) atoms. The number of amides is 2. The molecule has 6 nitrogen and oxygen atoms in total. The number of nitrogens with zero attached hydrogens (tertiary/aromatic N) is 4. The highest BCUT2D eigenvalue weighted by Gasteiger charge is 2.27. The summed E-state index contributed by atoms with van der Waals surface area (Å²) in [4.78, 5) is 36.0. The van der Waals surface area contributed by atoms with Crippen LogP contribution in [0.4, 0.5) is 0 Å². The molecule has 7 heteroatoms. The first kappa shape index (κ1) is 20.3. The molecule has 0 saturated carbocycles. The zero-order valence-electron chi connectivity index (χ0n) is 16.8. The van der Waals surface area contributed by atoms with Gasteiger partial charge in [0, 0.05) is 57.0 Å². The summed E-state index contributed by atoms with van der Waals surface area (Å²) in [5.41, 5.74) is 0.581. The Bertz CT molecular complexity index is 652. The van der Waals surface area contributed by atoms with Gasteiger partial charge < -0.3 is 14.7 Å². The molecule has 0 bridgehead atoms. The van der Waals surface area contributed by atoms with Crippen LogP contribution < -0.4 is 0 Å². The largest absolute Gasteiger partial charge is 0.340 e. The highest BCUT2D eigenvalue weighted by atomic mass is 32.1. The summed E-state index contributed by atoms with van der Waals surface area (Å²) in [7, 11) is 2.10. The van der Waals surface area contributed by atoms with Gasteiger partial charge in [0.25, 0.3) is 5.91 Å². The molecule has 2 aliphatic rings. The molecule has 1 aromatic heterocycles. The van der Waals surface area contributed by atoms with Crippen molar-refractivity contribution in [3.8, 4) is 0 Å². The summed E-state index contributed by atoms with van der Waals surface area (Å²) in [5.74, 6) is 1.09. The minimum absolute atomic E-state index is 0.0493. The molecule has 1 aromatic rings. The van der Waals surface area contributed by atoms with Crippen LogP contribution in [0, 0.1) is 5.92 Å². The number of likely N-dealkylation sites (tertiary alicyclic amines) is 1. The summed E-state index contributed by atoms with van der Waals surface area (Å²) in [6.07, 6.45) is 3.60. The number of rotatable bonds is 5. The van der Waals surface area contributed by atoms with Crippen LogP contribution in [0.2, 0.25) is 0 Å². The van der Waals surface area contributed by atoms with E-state index in [1.165, 1.54) is 0 Å². The average molecular weight is 393 g/mol. The minimum atomic E-state index is 0.0493. The molecule has 1 atom stereocenters. The maximum absolute atomic E-state index is 12.8. The number of thiazole rings is 1. The summed E-state index contributed by atoms with van der Waals surface area (Å²) in [5, 5.41) is 2.91. The normalized spacial score (nSPS) is 21.7. The lowest BCUT2D eigenvalue weighted by Crippen LogP contribution is -2.47. The second-order valence-corrected chi connectivity index (χ2v) is 9.10. The maximum atomic E-state index is 12.8. The van der Waals surface area contributed by atoms with E-state index in [0.717, 1.165) is 63.5 Å². The van der Waals surface area contributed by atoms with Crippen molar-refractivity contribution >= 4 is 23.2 Å². The van der Waals surface area contributed by atoms with Crippen LogP contribution in [-0.4, -0.2) is 77.8 Å². The number of aromatic nitrogens is 1. The molecule has 2 saturated heterocycles. The smallest absolute Gasteiger partial charge is 0.273 e. The monoisotopic (exact) mass is 392 g/mol. The number of carbonyl (C=O) groups excluding carboxylic acids is 2. The van der Waals surface area contributed by atoms with Gasteiger partial charge in [0.05, 0.1) is 5.01 Å². The van der Waals surface area contributed by atoms with Gasteiger partial charge in [-0.1, -0.05) is 13.8 Å². The number of hydrogen-bond acceptors (Lipinski definition) is 5. The molecule has 0 N–H and O–H groups in total. The highest BCUT2D eigenvalue weighted by molar-refractivity contribution is 7.09. The Labute approximate surface area is 166 Å². The van der Waals surface area contributed by atoms with Crippen molar-refractivity contribution < 1.29 is 9.59 Å². The van der Waals surface area contributed by atoms with E-state index in [1.807, 2.05) is 15.2 Å². The van der Waals surface area contributed by atoms with Crippen molar-refractivity contribution in [2.45, 2.75) is 45.4 Å². The number of hydrogen-bond donors (Lipinski definition) is 0. The summed E-state index contributed by atoms with van der Waals surface area (Å²) in [6.45, 7) is 9.36. The van der Waals surface area contributed by atoms with Crippen molar-refractivity contribution in [1.82, 2.24) is 19.7 Å². The third kappa shape index (κ3) is 5.29.